The summed E-state index contributed by atoms with van der Waals surface area (Å²) in [6, 6.07) is 2.49. The molecule has 0 bridgehead atoms. The van der Waals surface area contributed by atoms with Crippen molar-refractivity contribution >= 4 is 40.9 Å². The summed E-state index contributed by atoms with van der Waals surface area (Å²) in [4.78, 5) is 33.4. The second kappa shape index (κ2) is 6.99. The third-order valence-electron chi connectivity index (χ3n) is 2.78. The Labute approximate surface area is 130 Å². The van der Waals surface area contributed by atoms with Gasteiger partial charge in [-0.1, -0.05) is 11.6 Å². The summed E-state index contributed by atoms with van der Waals surface area (Å²) < 4.78 is 5.29. The summed E-state index contributed by atoms with van der Waals surface area (Å²) >= 11 is 5.93. The molecule has 3 amide bonds. The molecule has 0 radical (unpaired) electrons. The standard InChI is InChI=1S/C13H14ClN3O5/c14-7-4-8-12(22-6-10(18)16-8)9(5-7)17-13(21)15-3-1-2-11(19)20/h4-5H,1-3,6H2,(H,16,18)(H,19,20)(H2,15,17,21). The third kappa shape index (κ3) is 4.26. The van der Waals surface area contributed by atoms with Crippen molar-refractivity contribution < 1.29 is 24.2 Å². The number of halogens is 1. The van der Waals surface area contributed by atoms with Gasteiger partial charge < -0.3 is 25.8 Å². The van der Waals surface area contributed by atoms with Crippen molar-refractivity contribution in [2.45, 2.75) is 12.8 Å². The molecule has 9 heteroatoms. The molecule has 0 saturated carbocycles. The fourth-order valence-electron chi connectivity index (χ4n) is 1.87. The fourth-order valence-corrected chi connectivity index (χ4v) is 2.09. The number of carboxylic acids is 1. The summed E-state index contributed by atoms with van der Waals surface area (Å²) in [5.74, 6) is -0.904. The third-order valence-corrected chi connectivity index (χ3v) is 2.99. The Kier molecular flexibility index (Phi) is 5.05. The van der Waals surface area contributed by atoms with Gasteiger partial charge in [-0.05, 0) is 18.6 Å². The average molecular weight is 328 g/mol. The van der Waals surface area contributed by atoms with E-state index in [1.165, 1.54) is 12.1 Å². The van der Waals surface area contributed by atoms with Crippen LogP contribution >= 0.6 is 11.6 Å². The molecule has 1 aromatic rings. The topological polar surface area (TPSA) is 117 Å². The summed E-state index contributed by atoms with van der Waals surface area (Å²) in [6.07, 6.45) is 0.297. The Bertz CT molecular complexity index is 620. The molecule has 8 nitrogen and oxygen atoms in total. The molecule has 0 unspecified atom stereocenters. The normalized spacial score (nSPS) is 12.7. The first-order valence-corrected chi connectivity index (χ1v) is 6.86. The van der Waals surface area contributed by atoms with E-state index in [0.29, 0.717) is 28.6 Å². The smallest absolute Gasteiger partial charge is 0.319 e. The molecule has 118 valence electrons. The lowest BCUT2D eigenvalue weighted by Crippen LogP contribution is -2.31. The summed E-state index contributed by atoms with van der Waals surface area (Å²) in [5, 5.41) is 16.5. The minimum Gasteiger partial charge on any atom is -0.481 e. The monoisotopic (exact) mass is 327 g/mol. The molecule has 1 aliphatic rings. The van der Waals surface area contributed by atoms with Crippen LogP contribution in [0.1, 0.15) is 12.8 Å². The average Bonchev–Trinajstić information content (AvgIpc) is 2.42. The minimum absolute atomic E-state index is 0.0258. The lowest BCUT2D eigenvalue weighted by molar-refractivity contribution is -0.137. The SMILES string of the molecule is O=C(O)CCCNC(=O)Nc1cc(Cl)cc2c1OCC(=O)N2. The van der Waals surface area contributed by atoms with Crippen LogP contribution in [0.5, 0.6) is 5.75 Å². The number of amides is 3. The number of nitrogens with one attached hydrogen (secondary N) is 3. The molecule has 2 rings (SSSR count). The molecule has 0 aliphatic carbocycles. The first-order chi connectivity index (χ1) is 10.5. The number of hydrogen-bond donors (Lipinski definition) is 4. The van der Waals surface area contributed by atoms with Gasteiger partial charge in [-0.3, -0.25) is 9.59 Å². The Morgan fingerprint density at radius 2 is 2.18 bits per heavy atom. The highest BCUT2D eigenvalue weighted by atomic mass is 35.5. The summed E-state index contributed by atoms with van der Waals surface area (Å²) in [6.45, 7) is 0.0715. The molecule has 0 atom stereocenters. The highest BCUT2D eigenvalue weighted by Gasteiger charge is 2.21. The van der Waals surface area contributed by atoms with Crippen molar-refractivity contribution in [3.05, 3.63) is 17.2 Å². The molecule has 4 N–H and O–H groups in total. The number of ether oxygens (including phenoxy) is 1. The lowest BCUT2D eigenvalue weighted by atomic mass is 10.2. The maximum atomic E-state index is 11.8. The highest BCUT2D eigenvalue weighted by molar-refractivity contribution is 6.31. The predicted octanol–water partition coefficient (Wildman–Crippen LogP) is 1.66. The number of urea groups is 1. The molecule has 0 fully saturated rings. The van der Waals surface area contributed by atoms with E-state index in [9.17, 15) is 14.4 Å². The zero-order chi connectivity index (χ0) is 16.1. The van der Waals surface area contributed by atoms with Crippen LogP contribution in [0.15, 0.2) is 12.1 Å². The largest absolute Gasteiger partial charge is 0.481 e. The number of carboxylic acid groups (broad SMARTS) is 1. The van der Waals surface area contributed by atoms with Crippen LogP contribution in [0.2, 0.25) is 5.02 Å². The van der Waals surface area contributed by atoms with Gasteiger partial charge in [-0.15, -0.1) is 0 Å². The van der Waals surface area contributed by atoms with Crippen LogP contribution in [-0.4, -0.2) is 36.2 Å². The molecule has 22 heavy (non-hydrogen) atoms. The number of hydrogen-bond acceptors (Lipinski definition) is 4. The van der Waals surface area contributed by atoms with E-state index in [1.54, 1.807) is 0 Å². The van der Waals surface area contributed by atoms with Gasteiger partial charge in [0, 0.05) is 18.0 Å². The van der Waals surface area contributed by atoms with E-state index in [0.717, 1.165) is 0 Å². The molecule has 0 saturated heterocycles. The van der Waals surface area contributed by atoms with Crippen LogP contribution < -0.4 is 20.7 Å². The molecular formula is C13H14ClN3O5. The predicted molar refractivity (Wildman–Crippen MR) is 79.5 cm³/mol. The molecular weight excluding hydrogens is 314 g/mol. The van der Waals surface area contributed by atoms with Crippen molar-refractivity contribution in [3.63, 3.8) is 0 Å². The Hall–Kier alpha value is -2.48. The Morgan fingerprint density at radius 3 is 2.91 bits per heavy atom. The lowest BCUT2D eigenvalue weighted by Gasteiger charge is -2.21. The Morgan fingerprint density at radius 1 is 1.41 bits per heavy atom. The highest BCUT2D eigenvalue weighted by Crippen LogP contribution is 2.38. The van der Waals surface area contributed by atoms with Crippen molar-refractivity contribution in [1.82, 2.24) is 5.32 Å². The summed E-state index contributed by atoms with van der Waals surface area (Å²) in [5.41, 5.74) is 0.697. The van der Waals surface area contributed by atoms with Gasteiger partial charge in [-0.2, -0.15) is 0 Å². The van der Waals surface area contributed by atoms with Gasteiger partial charge in [0.2, 0.25) is 0 Å². The van der Waals surface area contributed by atoms with Crippen molar-refractivity contribution in [2.75, 3.05) is 23.8 Å². The first-order valence-electron chi connectivity index (χ1n) is 6.48. The van der Waals surface area contributed by atoms with Crippen LogP contribution in [0.25, 0.3) is 0 Å². The molecule has 0 spiro atoms. The zero-order valence-corrected chi connectivity index (χ0v) is 12.2. The molecule has 1 aromatic carbocycles. The van der Waals surface area contributed by atoms with Crippen molar-refractivity contribution in [3.8, 4) is 5.75 Å². The van der Waals surface area contributed by atoms with E-state index < -0.39 is 12.0 Å². The number of anilines is 2. The zero-order valence-electron chi connectivity index (χ0n) is 11.4. The van der Waals surface area contributed by atoms with Gasteiger partial charge in [0.25, 0.3) is 5.91 Å². The van der Waals surface area contributed by atoms with E-state index in [1.807, 2.05) is 0 Å². The summed E-state index contributed by atoms with van der Waals surface area (Å²) in [7, 11) is 0. The number of aliphatic carboxylic acids is 1. The van der Waals surface area contributed by atoms with Gasteiger partial charge in [-0.25, -0.2) is 4.79 Å². The Balaban J connectivity index is 1.99. The number of rotatable bonds is 5. The first kappa shape index (κ1) is 15.9. The van der Waals surface area contributed by atoms with Crippen LogP contribution in [0.4, 0.5) is 16.2 Å². The van der Waals surface area contributed by atoms with Gasteiger partial charge in [0.05, 0.1) is 11.4 Å². The molecule has 0 aromatic heterocycles. The number of carbonyl (C=O) groups is 3. The van der Waals surface area contributed by atoms with Crippen LogP contribution in [0, 0.1) is 0 Å². The van der Waals surface area contributed by atoms with Crippen molar-refractivity contribution in [2.24, 2.45) is 0 Å². The maximum absolute atomic E-state index is 11.8. The van der Waals surface area contributed by atoms with E-state index in [2.05, 4.69) is 16.0 Å². The van der Waals surface area contributed by atoms with Crippen LogP contribution in [-0.2, 0) is 9.59 Å². The second-order valence-corrected chi connectivity index (χ2v) is 4.98. The van der Waals surface area contributed by atoms with Gasteiger partial charge in [0.1, 0.15) is 0 Å². The van der Waals surface area contributed by atoms with E-state index in [-0.39, 0.29) is 25.5 Å². The van der Waals surface area contributed by atoms with Crippen LogP contribution in [0.3, 0.4) is 0 Å². The second-order valence-electron chi connectivity index (χ2n) is 4.55. The van der Waals surface area contributed by atoms with E-state index >= 15 is 0 Å². The number of carbonyl (C=O) groups excluding carboxylic acids is 2. The van der Waals surface area contributed by atoms with E-state index in [4.69, 9.17) is 21.4 Å². The van der Waals surface area contributed by atoms with Crippen molar-refractivity contribution in [1.29, 1.82) is 0 Å². The fraction of sp³-hybridized carbons (Fsp3) is 0.308. The molecule has 1 heterocycles. The number of fused-ring (bicyclic) bond motifs is 1. The number of benzene rings is 1. The van der Waals surface area contributed by atoms with Gasteiger partial charge in [0.15, 0.2) is 12.4 Å². The quantitative estimate of drug-likeness (QED) is 0.614. The van der Waals surface area contributed by atoms with Gasteiger partial charge >= 0.3 is 12.0 Å². The molecule has 1 aliphatic heterocycles. The maximum Gasteiger partial charge on any atom is 0.319 e. The minimum atomic E-state index is -0.921.